The van der Waals surface area contributed by atoms with E-state index in [1.165, 1.54) is 11.1 Å². The smallest absolute Gasteiger partial charge is 0.303 e. The molecule has 1 aromatic rings. The molecule has 0 saturated heterocycles. The van der Waals surface area contributed by atoms with Crippen molar-refractivity contribution in [2.75, 3.05) is 7.11 Å². The first kappa shape index (κ1) is 15.5. The quantitative estimate of drug-likeness (QED) is 0.882. The largest absolute Gasteiger partial charge is 0.496 e. The summed E-state index contributed by atoms with van der Waals surface area (Å²) in [5.41, 5.74) is 3.49. The molecule has 1 rings (SSSR count). The molecule has 3 heteroatoms. The summed E-state index contributed by atoms with van der Waals surface area (Å²) in [6.07, 6.45) is 1.57. The van der Waals surface area contributed by atoms with Gasteiger partial charge < -0.3 is 9.84 Å². The Balaban J connectivity index is 3.09. The molecule has 19 heavy (non-hydrogen) atoms. The minimum atomic E-state index is -0.748. The molecule has 0 aliphatic heterocycles. The van der Waals surface area contributed by atoms with Gasteiger partial charge in [-0.1, -0.05) is 38.5 Å². The highest BCUT2D eigenvalue weighted by Gasteiger charge is 2.21. The molecular formula is C16H24O3. The van der Waals surface area contributed by atoms with Gasteiger partial charge >= 0.3 is 5.97 Å². The van der Waals surface area contributed by atoms with Gasteiger partial charge in [0.15, 0.2) is 0 Å². The van der Waals surface area contributed by atoms with Crippen molar-refractivity contribution in [2.24, 2.45) is 0 Å². The summed E-state index contributed by atoms with van der Waals surface area (Å²) in [6.45, 7) is 8.54. The zero-order valence-corrected chi connectivity index (χ0v) is 12.5. The van der Waals surface area contributed by atoms with E-state index in [0.717, 1.165) is 17.7 Å². The number of aryl methyl sites for hydroxylation is 2. The predicted molar refractivity (Wildman–Crippen MR) is 77.0 cm³/mol. The fourth-order valence-electron chi connectivity index (χ4n) is 2.26. The van der Waals surface area contributed by atoms with E-state index in [9.17, 15) is 4.79 Å². The predicted octanol–water partition coefficient (Wildman–Crippen LogP) is 3.71. The van der Waals surface area contributed by atoms with Gasteiger partial charge in [0, 0.05) is 12.0 Å². The maximum atomic E-state index is 10.6. The van der Waals surface area contributed by atoms with E-state index in [1.807, 2.05) is 0 Å². The highest BCUT2D eigenvalue weighted by molar-refractivity contribution is 5.66. The Kier molecular flexibility index (Phi) is 4.98. The van der Waals surface area contributed by atoms with Crippen molar-refractivity contribution < 1.29 is 14.6 Å². The van der Waals surface area contributed by atoms with Crippen molar-refractivity contribution in [3.8, 4) is 5.75 Å². The molecule has 0 aliphatic carbocycles. The minimum absolute atomic E-state index is 0.0128. The van der Waals surface area contributed by atoms with Gasteiger partial charge in [-0.15, -0.1) is 0 Å². The van der Waals surface area contributed by atoms with Gasteiger partial charge in [0.1, 0.15) is 5.75 Å². The average molecular weight is 264 g/mol. The van der Waals surface area contributed by atoms with Crippen LogP contribution in [0, 0.1) is 6.92 Å². The number of carboxylic acids is 1. The summed E-state index contributed by atoms with van der Waals surface area (Å²) in [7, 11) is 1.68. The van der Waals surface area contributed by atoms with Crippen LogP contribution in [0.3, 0.4) is 0 Å². The van der Waals surface area contributed by atoms with Crippen LogP contribution in [0.25, 0.3) is 0 Å². The molecule has 0 heterocycles. The molecular weight excluding hydrogens is 240 g/mol. The van der Waals surface area contributed by atoms with Gasteiger partial charge in [-0.25, -0.2) is 0 Å². The number of ether oxygens (including phenoxy) is 1. The Morgan fingerprint density at radius 1 is 1.32 bits per heavy atom. The van der Waals surface area contributed by atoms with Crippen molar-refractivity contribution in [3.05, 3.63) is 28.8 Å². The third-order valence-electron chi connectivity index (χ3n) is 3.16. The van der Waals surface area contributed by atoms with Gasteiger partial charge in [0.2, 0.25) is 0 Å². The van der Waals surface area contributed by atoms with Gasteiger partial charge in [0.25, 0.3) is 0 Å². The lowest BCUT2D eigenvalue weighted by Gasteiger charge is -2.25. The number of carbonyl (C=O) groups is 1. The second kappa shape index (κ2) is 6.09. The molecule has 0 atom stereocenters. The van der Waals surface area contributed by atoms with Crippen LogP contribution < -0.4 is 4.74 Å². The molecule has 106 valence electrons. The van der Waals surface area contributed by atoms with Crippen LogP contribution in [0.5, 0.6) is 5.75 Å². The second-order valence-electron chi connectivity index (χ2n) is 6.00. The van der Waals surface area contributed by atoms with Gasteiger partial charge in [-0.05, 0) is 30.7 Å². The Morgan fingerprint density at radius 2 is 1.95 bits per heavy atom. The topological polar surface area (TPSA) is 46.5 Å². The monoisotopic (exact) mass is 264 g/mol. The van der Waals surface area contributed by atoms with Crippen LogP contribution >= 0.6 is 0 Å². The van der Waals surface area contributed by atoms with Crippen molar-refractivity contribution >= 4 is 5.97 Å². The third kappa shape index (κ3) is 4.27. The van der Waals surface area contributed by atoms with Crippen LogP contribution in [0.2, 0.25) is 0 Å². The number of carboxylic acid groups (broad SMARTS) is 1. The average Bonchev–Trinajstić information content (AvgIpc) is 2.26. The van der Waals surface area contributed by atoms with Crippen LogP contribution in [-0.2, 0) is 16.6 Å². The fourth-order valence-corrected chi connectivity index (χ4v) is 2.26. The molecule has 0 radical (unpaired) electrons. The van der Waals surface area contributed by atoms with E-state index in [0.29, 0.717) is 6.42 Å². The first-order valence-corrected chi connectivity index (χ1v) is 6.65. The Hall–Kier alpha value is -1.51. The zero-order chi connectivity index (χ0) is 14.6. The lowest BCUT2D eigenvalue weighted by molar-refractivity contribution is -0.137. The van der Waals surface area contributed by atoms with E-state index in [1.54, 1.807) is 7.11 Å². The normalized spacial score (nSPS) is 11.4. The molecule has 0 spiro atoms. The molecule has 3 nitrogen and oxygen atoms in total. The number of aliphatic carboxylic acids is 1. The number of rotatable bonds is 5. The summed E-state index contributed by atoms with van der Waals surface area (Å²) in [6, 6.07) is 4.25. The van der Waals surface area contributed by atoms with Crippen molar-refractivity contribution in [1.29, 1.82) is 0 Å². The highest BCUT2D eigenvalue weighted by Crippen LogP contribution is 2.35. The van der Waals surface area contributed by atoms with Crippen LogP contribution in [0.1, 0.15) is 50.3 Å². The lowest BCUT2D eigenvalue weighted by Crippen LogP contribution is -2.14. The minimum Gasteiger partial charge on any atom is -0.496 e. The standard InChI is InChI=1S/C16H24O3/c1-11-9-12(7-6-8-14(17)18)15(19-5)13(10-11)16(2,3)4/h9-10H,6-8H2,1-5H3,(H,17,18). The fraction of sp³-hybridized carbons (Fsp3) is 0.562. The number of hydrogen-bond acceptors (Lipinski definition) is 2. The van der Waals surface area contributed by atoms with Gasteiger partial charge in [-0.3, -0.25) is 4.79 Å². The summed E-state index contributed by atoms with van der Waals surface area (Å²) in [5.74, 6) is 0.158. The van der Waals surface area contributed by atoms with Crippen LogP contribution in [-0.4, -0.2) is 18.2 Å². The zero-order valence-electron chi connectivity index (χ0n) is 12.5. The van der Waals surface area contributed by atoms with Crippen LogP contribution in [0.15, 0.2) is 12.1 Å². The van der Waals surface area contributed by atoms with Crippen molar-refractivity contribution in [3.63, 3.8) is 0 Å². The second-order valence-corrected chi connectivity index (χ2v) is 6.00. The Bertz CT molecular complexity index is 456. The van der Waals surface area contributed by atoms with E-state index in [2.05, 4.69) is 39.8 Å². The van der Waals surface area contributed by atoms with E-state index in [4.69, 9.17) is 9.84 Å². The SMILES string of the molecule is COc1c(CCCC(=O)O)cc(C)cc1C(C)(C)C. The number of methoxy groups -OCH3 is 1. The summed E-state index contributed by atoms with van der Waals surface area (Å²) in [4.78, 5) is 10.6. The van der Waals surface area contributed by atoms with Crippen molar-refractivity contribution in [1.82, 2.24) is 0 Å². The van der Waals surface area contributed by atoms with Gasteiger partial charge in [-0.2, -0.15) is 0 Å². The Morgan fingerprint density at radius 3 is 2.42 bits per heavy atom. The molecule has 0 bridgehead atoms. The van der Waals surface area contributed by atoms with E-state index >= 15 is 0 Å². The number of benzene rings is 1. The third-order valence-corrected chi connectivity index (χ3v) is 3.16. The molecule has 0 fully saturated rings. The molecule has 0 saturated carbocycles. The van der Waals surface area contributed by atoms with Crippen molar-refractivity contribution in [2.45, 2.75) is 52.4 Å². The molecule has 0 amide bonds. The van der Waals surface area contributed by atoms with E-state index < -0.39 is 5.97 Å². The maximum absolute atomic E-state index is 10.6. The molecule has 0 unspecified atom stereocenters. The summed E-state index contributed by atoms with van der Waals surface area (Å²) < 4.78 is 5.57. The maximum Gasteiger partial charge on any atom is 0.303 e. The van der Waals surface area contributed by atoms with E-state index in [-0.39, 0.29) is 11.8 Å². The highest BCUT2D eigenvalue weighted by atomic mass is 16.5. The Labute approximate surface area is 115 Å². The molecule has 0 aromatic heterocycles. The summed E-state index contributed by atoms with van der Waals surface area (Å²) in [5, 5.41) is 8.73. The first-order valence-electron chi connectivity index (χ1n) is 6.65. The van der Waals surface area contributed by atoms with Gasteiger partial charge in [0.05, 0.1) is 7.11 Å². The molecule has 1 aromatic carbocycles. The molecule has 1 N–H and O–H groups in total. The molecule has 0 aliphatic rings. The first-order chi connectivity index (χ1) is 8.75. The number of hydrogen-bond donors (Lipinski definition) is 1. The van der Waals surface area contributed by atoms with Crippen LogP contribution in [0.4, 0.5) is 0 Å². The summed E-state index contributed by atoms with van der Waals surface area (Å²) >= 11 is 0. The lowest BCUT2D eigenvalue weighted by atomic mass is 9.83.